The summed E-state index contributed by atoms with van der Waals surface area (Å²) in [4.78, 5) is 12.7. The van der Waals surface area contributed by atoms with Crippen molar-refractivity contribution in [3.05, 3.63) is 76.6 Å². The number of nitrogens with one attached hydrogen (secondary N) is 1. The van der Waals surface area contributed by atoms with E-state index in [9.17, 15) is 13.2 Å². The Bertz CT molecular complexity index is 1170. The van der Waals surface area contributed by atoms with Gasteiger partial charge < -0.3 is 5.32 Å². The van der Waals surface area contributed by atoms with Gasteiger partial charge in [0.25, 0.3) is 5.91 Å². The molecule has 0 saturated heterocycles. The number of hydrogen-bond acceptors (Lipinski definition) is 4. The molecule has 4 rings (SSSR count). The number of amides is 1. The zero-order chi connectivity index (χ0) is 21.3. The first-order chi connectivity index (χ1) is 14.4. The fourth-order valence-corrected chi connectivity index (χ4v) is 4.54. The highest BCUT2D eigenvalue weighted by Gasteiger charge is 2.19. The molecule has 1 aliphatic carbocycles. The molecule has 30 heavy (non-hydrogen) atoms. The molecule has 0 aliphatic heterocycles. The van der Waals surface area contributed by atoms with Crippen molar-refractivity contribution in [3.8, 4) is 0 Å². The van der Waals surface area contributed by atoms with Crippen LogP contribution in [0, 0.1) is 6.92 Å². The first-order valence-corrected chi connectivity index (χ1v) is 11.0. The average molecular weight is 425 g/mol. The molecule has 1 amide bonds. The van der Waals surface area contributed by atoms with E-state index in [0.717, 1.165) is 30.4 Å². The predicted molar refractivity (Wildman–Crippen MR) is 116 cm³/mol. The van der Waals surface area contributed by atoms with E-state index in [1.54, 1.807) is 29.1 Å². The van der Waals surface area contributed by atoms with Crippen molar-refractivity contribution in [2.45, 2.75) is 32.7 Å². The fourth-order valence-electron chi connectivity index (χ4n) is 3.84. The highest BCUT2D eigenvalue weighted by molar-refractivity contribution is 7.74. The van der Waals surface area contributed by atoms with Gasteiger partial charge in [0.05, 0.1) is 17.6 Å². The second kappa shape index (κ2) is 8.31. The summed E-state index contributed by atoms with van der Waals surface area (Å²) in [7, 11) is -1.11. The molecule has 8 heteroatoms. The van der Waals surface area contributed by atoms with Gasteiger partial charge >= 0.3 is 0 Å². The molecule has 0 radical (unpaired) electrons. The highest BCUT2D eigenvalue weighted by atomic mass is 32.2. The first kappa shape index (κ1) is 20.2. The SMILES string of the molecule is Cc1ccc(C(=O)NCc2cnn(C)c2)cc1N(c1ccc2c(c1)CCC2)[SH](=O)=O. The number of carbonyl (C=O) groups is 1. The molecule has 3 aromatic rings. The van der Waals surface area contributed by atoms with Gasteiger partial charge in [0.2, 0.25) is 10.9 Å². The summed E-state index contributed by atoms with van der Waals surface area (Å²) in [5, 5.41) is 6.94. The number of benzene rings is 2. The van der Waals surface area contributed by atoms with Gasteiger partial charge in [0.1, 0.15) is 0 Å². The van der Waals surface area contributed by atoms with Gasteiger partial charge in [-0.15, -0.1) is 0 Å². The van der Waals surface area contributed by atoms with Crippen LogP contribution >= 0.6 is 0 Å². The third-order valence-electron chi connectivity index (χ3n) is 5.40. The van der Waals surface area contributed by atoms with Gasteiger partial charge in [0.15, 0.2) is 0 Å². The second-order valence-electron chi connectivity index (χ2n) is 7.56. The van der Waals surface area contributed by atoms with Gasteiger partial charge in [-0.25, -0.2) is 12.7 Å². The van der Waals surface area contributed by atoms with E-state index >= 15 is 0 Å². The number of aryl methyl sites for hydroxylation is 4. The topological polar surface area (TPSA) is 84.3 Å². The summed E-state index contributed by atoms with van der Waals surface area (Å²) in [6, 6.07) is 10.9. The number of rotatable bonds is 6. The minimum absolute atomic E-state index is 0.268. The molecule has 0 atom stereocenters. The molecule has 0 spiro atoms. The van der Waals surface area contributed by atoms with Crippen molar-refractivity contribution < 1.29 is 13.2 Å². The van der Waals surface area contributed by atoms with Gasteiger partial charge in [-0.2, -0.15) is 5.10 Å². The molecule has 1 N–H and O–H groups in total. The van der Waals surface area contributed by atoms with E-state index in [4.69, 9.17) is 0 Å². The Morgan fingerprint density at radius 2 is 1.97 bits per heavy atom. The largest absolute Gasteiger partial charge is 0.348 e. The minimum Gasteiger partial charge on any atom is -0.348 e. The molecule has 2 aromatic carbocycles. The molecular formula is C22H24N4O3S. The van der Waals surface area contributed by atoms with E-state index in [2.05, 4.69) is 10.4 Å². The average Bonchev–Trinajstić information content (AvgIpc) is 3.35. The Balaban J connectivity index is 1.62. The van der Waals surface area contributed by atoms with Crippen molar-refractivity contribution in [2.75, 3.05) is 4.31 Å². The van der Waals surface area contributed by atoms with Crippen molar-refractivity contribution in [1.82, 2.24) is 15.1 Å². The lowest BCUT2D eigenvalue weighted by Gasteiger charge is -2.21. The van der Waals surface area contributed by atoms with Gasteiger partial charge in [0, 0.05) is 30.9 Å². The highest BCUT2D eigenvalue weighted by Crippen LogP contribution is 2.33. The number of thiol groups is 1. The van der Waals surface area contributed by atoms with Gasteiger partial charge in [-0.3, -0.25) is 9.48 Å². The Morgan fingerprint density at radius 3 is 2.70 bits per heavy atom. The van der Waals surface area contributed by atoms with Crippen LogP contribution in [-0.4, -0.2) is 24.1 Å². The number of aromatic nitrogens is 2. The lowest BCUT2D eigenvalue weighted by atomic mass is 10.1. The van der Waals surface area contributed by atoms with Crippen LogP contribution < -0.4 is 9.62 Å². The third kappa shape index (κ3) is 4.09. The van der Waals surface area contributed by atoms with Crippen LogP contribution in [0.1, 0.15) is 39.0 Å². The summed E-state index contributed by atoms with van der Waals surface area (Å²) in [6.45, 7) is 2.19. The summed E-state index contributed by atoms with van der Waals surface area (Å²) in [5.41, 5.74) is 5.62. The van der Waals surface area contributed by atoms with Crippen molar-refractivity contribution in [1.29, 1.82) is 0 Å². The number of anilines is 2. The number of carbonyl (C=O) groups excluding carboxylic acids is 1. The molecule has 7 nitrogen and oxygen atoms in total. The predicted octanol–water partition coefficient (Wildman–Crippen LogP) is 2.81. The lowest BCUT2D eigenvalue weighted by molar-refractivity contribution is 0.0951. The molecule has 0 saturated carbocycles. The smallest absolute Gasteiger partial charge is 0.251 e. The molecule has 0 bridgehead atoms. The van der Waals surface area contributed by atoms with Crippen molar-refractivity contribution in [3.63, 3.8) is 0 Å². The Morgan fingerprint density at radius 1 is 1.17 bits per heavy atom. The van der Waals surface area contributed by atoms with Crippen molar-refractivity contribution >= 4 is 28.2 Å². The van der Waals surface area contributed by atoms with Crippen LogP contribution in [0.2, 0.25) is 0 Å². The van der Waals surface area contributed by atoms with Crippen LogP contribution in [0.25, 0.3) is 0 Å². The maximum atomic E-state index is 12.7. The van der Waals surface area contributed by atoms with Crippen LogP contribution in [-0.2, 0) is 37.3 Å². The molecule has 0 fully saturated rings. The van der Waals surface area contributed by atoms with Crippen LogP contribution in [0.15, 0.2) is 48.8 Å². The Labute approximate surface area is 177 Å². The Kier molecular flexibility index (Phi) is 5.59. The molecule has 0 unspecified atom stereocenters. The zero-order valence-corrected chi connectivity index (χ0v) is 17.9. The summed E-state index contributed by atoms with van der Waals surface area (Å²) in [5.74, 6) is -0.268. The van der Waals surface area contributed by atoms with E-state index in [1.165, 1.54) is 15.4 Å². The van der Waals surface area contributed by atoms with Crippen LogP contribution in [0.4, 0.5) is 11.4 Å². The second-order valence-corrected chi connectivity index (χ2v) is 8.44. The normalized spacial score (nSPS) is 12.8. The van der Waals surface area contributed by atoms with E-state index in [0.29, 0.717) is 23.5 Å². The van der Waals surface area contributed by atoms with E-state index < -0.39 is 10.9 Å². The summed E-state index contributed by atoms with van der Waals surface area (Å²) >= 11 is 0. The third-order valence-corrected chi connectivity index (χ3v) is 6.17. The fraction of sp³-hybridized carbons (Fsp3) is 0.273. The van der Waals surface area contributed by atoms with Crippen molar-refractivity contribution in [2.24, 2.45) is 7.05 Å². The molecule has 156 valence electrons. The maximum Gasteiger partial charge on any atom is 0.251 e. The maximum absolute atomic E-state index is 12.7. The molecular weight excluding hydrogens is 400 g/mol. The first-order valence-electron chi connectivity index (χ1n) is 9.85. The lowest BCUT2D eigenvalue weighted by Crippen LogP contribution is -2.23. The molecule has 1 aromatic heterocycles. The number of hydrogen-bond donors (Lipinski definition) is 2. The number of nitrogens with zero attached hydrogens (tertiary/aromatic N) is 3. The zero-order valence-electron chi connectivity index (χ0n) is 17.0. The summed E-state index contributed by atoms with van der Waals surface area (Å²) in [6.07, 6.45) is 6.61. The quantitative estimate of drug-likeness (QED) is 0.596. The standard InChI is InChI=1S/C22H24N4O3S/c1-15-6-7-19(22(27)23-12-16-13-24-25(2)14-16)11-21(15)26(30(28)29)20-9-8-17-4-3-5-18(17)10-20/h6-11,13-14,30H,3-5,12H2,1-2H3,(H,23,27). The van der Waals surface area contributed by atoms with Gasteiger partial charge in [-0.1, -0.05) is 12.1 Å². The minimum atomic E-state index is -2.92. The number of fused-ring (bicyclic) bond motifs is 1. The Hall–Kier alpha value is -3.13. The van der Waals surface area contributed by atoms with Gasteiger partial charge in [-0.05, 0) is 67.1 Å². The van der Waals surface area contributed by atoms with E-state index in [-0.39, 0.29) is 5.91 Å². The van der Waals surface area contributed by atoms with Crippen LogP contribution in [0.5, 0.6) is 0 Å². The van der Waals surface area contributed by atoms with E-state index in [1.807, 2.05) is 38.4 Å². The summed E-state index contributed by atoms with van der Waals surface area (Å²) < 4.78 is 27.4. The molecule has 1 aliphatic rings. The monoisotopic (exact) mass is 424 g/mol. The van der Waals surface area contributed by atoms with Crippen LogP contribution in [0.3, 0.4) is 0 Å². The molecule has 1 heterocycles.